The highest BCUT2D eigenvalue weighted by molar-refractivity contribution is 6.34. The molecule has 2 aliphatic rings. The SMILES string of the molecule is C1CCOCC1.Cc1cc2[nH]c(=O)cc(C)c2cc1N.Cc1cc2[nH]c(=O)cc(C)c2cc1NC(=O)c1c(C)ccnc1Cl.Cc1cc2[nH]c(=O)cc(C)c2cc1NC(=O)c1c(C)ccnc1Cl.Cc1cc2[nH]c(=O)cc(C)c2cc1NC(=O)c1c(C)ccnc1N1CCOCC1.Cc1ccnc(Cl)c1C(=O)O. The summed E-state index contributed by atoms with van der Waals surface area (Å²) in [6, 6.07) is 28.1. The van der Waals surface area contributed by atoms with Gasteiger partial charge < -0.3 is 61.1 Å². The van der Waals surface area contributed by atoms with Crippen LogP contribution in [0.1, 0.15) is 127 Å². The Morgan fingerprint density at radius 2 is 0.694 bits per heavy atom. The molecule has 2 fully saturated rings. The number of aromatic amines is 4. The Labute approximate surface area is 636 Å². The summed E-state index contributed by atoms with van der Waals surface area (Å²) >= 11 is 17.6. The van der Waals surface area contributed by atoms with Gasteiger partial charge in [-0.05, 0) is 242 Å². The minimum atomic E-state index is -1.04. The summed E-state index contributed by atoms with van der Waals surface area (Å²) in [5.74, 6) is -1.17. The zero-order valence-electron chi connectivity index (χ0n) is 61.9. The lowest BCUT2D eigenvalue weighted by atomic mass is 10.0. The Morgan fingerprint density at radius 1 is 0.389 bits per heavy atom. The molecule has 3 amide bonds. The number of pyridine rings is 8. The number of hydrogen-bond donors (Lipinski definition) is 9. The van der Waals surface area contributed by atoms with Crippen LogP contribution in [-0.2, 0) is 9.47 Å². The number of carbonyl (C=O) groups excluding carboxylic acids is 3. The number of aromatic nitrogens is 8. The van der Waals surface area contributed by atoms with Gasteiger partial charge in [-0.1, -0.05) is 34.8 Å². The van der Waals surface area contributed by atoms with Crippen LogP contribution in [-0.4, -0.2) is 108 Å². The fraction of sp³-hybridized carbons (Fsp3) is 0.259. The average Bonchev–Trinajstić information content (AvgIpc) is 0.801. The molecule has 560 valence electrons. The van der Waals surface area contributed by atoms with Crippen LogP contribution in [0.25, 0.3) is 43.6 Å². The molecule has 8 aromatic heterocycles. The summed E-state index contributed by atoms with van der Waals surface area (Å²) in [5.41, 5.74) is 22.7. The number of anilines is 5. The molecule has 0 radical (unpaired) electrons. The minimum Gasteiger partial charge on any atom is -0.478 e. The number of nitrogens with zero attached hydrogens (tertiary/aromatic N) is 5. The van der Waals surface area contributed by atoms with Gasteiger partial charge in [0.05, 0.1) is 35.5 Å². The van der Waals surface area contributed by atoms with E-state index in [1.165, 1.54) is 37.6 Å². The Kier molecular flexibility index (Phi) is 27.1. The first kappa shape index (κ1) is 80.7. The van der Waals surface area contributed by atoms with Gasteiger partial charge in [0, 0.05) is 142 Å². The summed E-state index contributed by atoms with van der Waals surface area (Å²) in [4.78, 5) is 124. The molecule has 24 nitrogen and oxygen atoms in total. The Balaban J connectivity index is 0.000000157. The predicted molar refractivity (Wildman–Crippen MR) is 430 cm³/mol. The van der Waals surface area contributed by atoms with Crippen molar-refractivity contribution < 1.29 is 33.8 Å². The quantitative estimate of drug-likeness (QED) is 0.0504. The number of carboxylic acids is 1. The van der Waals surface area contributed by atoms with Crippen LogP contribution in [0.5, 0.6) is 0 Å². The number of carbonyl (C=O) groups is 4. The van der Waals surface area contributed by atoms with Crippen molar-refractivity contribution in [2.24, 2.45) is 0 Å². The van der Waals surface area contributed by atoms with E-state index in [0.29, 0.717) is 71.4 Å². The van der Waals surface area contributed by atoms with Gasteiger partial charge in [-0.3, -0.25) is 33.6 Å². The van der Waals surface area contributed by atoms with Gasteiger partial charge in [0.2, 0.25) is 22.2 Å². The topological polar surface area (TPSA) is 355 Å². The fourth-order valence-corrected chi connectivity index (χ4v) is 13.1. The van der Waals surface area contributed by atoms with Crippen LogP contribution in [0, 0.1) is 83.1 Å². The maximum atomic E-state index is 13.3. The van der Waals surface area contributed by atoms with Crippen molar-refractivity contribution in [2.45, 2.75) is 102 Å². The molecule has 10 heterocycles. The number of morpholine rings is 1. The molecule has 14 rings (SSSR count). The second-order valence-electron chi connectivity index (χ2n) is 26.3. The highest BCUT2D eigenvalue weighted by Crippen LogP contribution is 2.31. The molecule has 4 aromatic carbocycles. The number of aromatic carboxylic acids is 1. The summed E-state index contributed by atoms with van der Waals surface area (Å²) in [7, 11) is 0. The molecule has 27 heteroatoms. The summed E-state index contributed by atoms with van der Waals surface area (Å²) < 4.78 is 10.5. The van der Waals surface area contributed by atoms with Crippen molar-refractivity contribution >= 4 is 131 Å². The number of benzene rings is 4. The van der Waals surface area contributed by atoms with E-state index in [0.717, 1.165) is 124 Å². The molecule has 12 aromatic rings. The first-order valence-corrected chi connectivity index (χ1v) is 35.7. The van der Waals surface area contributed by atoms with Crippen molar-refractivity contribution in [1.29, 1.82) is 0 Å². The van der Waals surface area contributed by atoms with Crippen LogP contribution in [0.2, 0.25) is 15.5 Å². The zero-order chi connectivity index (χ0) is 78.4. The maximum absolute atomic E-state index is 13.3. The van der Waals surface area contributed by atoms with Crippen molar-refractivity contribution in [3.8, 4) is 0 Å². The van der Waals surface area contributed by atoms with E-state index < -0.39 is 5.97 Å². The molecule has 0 spiro atoms. The van der Waals surface area contributed by atoms with Crippen molar-refractivity contribution in [1.82, 2.24) is 39.9 Å². The van der Waals surface area contributed by atoms with E-state index in [2.05, 4.69) is 60.7 Å². The zero-order valence-corrected chi connectivity index (χ0v) is 64.2. The number of amides is 3. The molecule has 0 atom stereocenters. The molecule has 108 heavy (non-hydrogen) atoms. The van der Waals surface area contributed by atoms with Crippen LogP contribution in [0.15, 0.2) is 141 Å². The highest BCUT2D eigenvalue weighted by atomic mass is 35.5. The largest absolute Gasteiger partial charge is 0.478 e. The van der Waals surface area contributed by atoms with Gasteiger partial charge >= 0.3 is 5.97 Å². The first-order valence-electron chi connectivity index (χ1n) is 34.6. The molecular formula is C81H84Cl3N13O11. The van der Waals surface area contributed by atoms with E-state index in [1.807, 2.05) is 131 Å². The lowest BCUT2D eigenvalue weighted by Crippen LogP contribution is -2.38. The van der Waals surface area contributed by atoms with Crippen molar-refractivity contribution in [3.05, 3.63) is 268 Å². The average molecular weight is 1520 g/mol. The fourth-order valence-electron chi connectivity index (χ4n) is 12.2. The number of rotatable bonds is 8. The summed E-state index contributed by atoms with van der Waals surface area (Å²) in [6.07, 6.45) is 10.3. The van der Waals surface area contributed by atoms with Crippen molar-refractivity contribution in [2.75, 3.05) is 66.1 Å². The number of aryl methyl sites for hydroxylation is 12. The van der Waals surface area contributed by atoms with Gasteiger partial charge in [-0.25, -0.2) is 24.7 Å². The third-order valence-corrected chi connectivity index (χ3v) is 19.0. The molecule has 2 saturated heterocycles. The van der Waals surface area contributed by atoms with E-state index in [1.54, 1.807) is 55.8 Å². The second kappa shape index (κ2) is 36.3. The maximum Gasteiger partial charge on any atom is 0.339 e. The van der Waals surface area contributed by atoms with Gasteiger partial charge in [0.25, 0.3) is 17.7 Å². The molecular weight excluding hydrogens is 1440 g/mol. The van der Waals surface area contributed by atoms with Gasteiger partial charge in [0.1, 0.15) is 21.3 Å². The lowest BCUT2D eigenvalue weighted by Gasteiger charge is -2.29. The number of H-pyrrole nitrogens is 4. The Hall–Kier alpha value is -11.4. The predicted octanol–water partition coefficient (Wildman–Crippen LogP) is 15.1. The molecule has 10 N–H and O–H groups in total. The number of hydrogen-bond acceptors (Lipinski definition) is 16. The van der Waals surface area contributed by atoms with Crippen LogP contribution in [0.3, 0.4) is 0 Å². The van der Waals surface area contributed by atoms with Crippen LogP contribution in [0.4, 0.5) is 28.6 Å². The summed E-state index contributed by atoms with van der Waals surface area (Å²) in [5, 5.41) is 21.5. The number of nitrogens with one attached hydrogen (secondary N) is 7. The molecule has 0 unspecified atom stereocenters. The van der Waals surface area contributed by atoms with Gasteiger partial charge in [-0.15, -0.1) is 0 Å². The number of ether oxygens (including phenoxy) is 2. The molecule has 2 aliphatic heterocycles. The van der Waals surface area contributed by atoms with Crippen LogP contribution >= 0.6 is 34.8 Å². The van der Waals surface area contributed by atoms with Gasteiger partial charge in [0.15, 0.2) is 0 Å². The smallest absolute Gasteiger partial charge is 0.339 e. The minimum absolute atomic E-state index is 0.0394. The third kappa shape index (κ3) is 20.2. The van der Waals surface area contributed by atoms with Crippen molar-refractivity contribution in [3.63, 3.8) is 0 Å². The monoisotopic (exact) mass is 1520 g/mol. The molecule has 0 saturated carbocycles. The van der Waals surface area contributed by atoms with Gasteiger partial charge in [-0.2, -0.15) is 0 Å². The molecule has 0 aliphatic carbocycles. The number of halogens is 3. The standard InChI is InChI=1S/C22H24N4O3.2C18H16ClN3O2.C11H12N2O.C7H6ClNO2.C5H10O/c1-13-4-5-23-21(26-6-8-29-9-7-26)20(13)22(28)25-17-12-16-14(2)11-19(27)24-18(16)10-15(17)3;2*1-9-4-5-20-17(19)16(9)18(24)22-13-8-12-10(2)7-15(23)21-14(12)6-11(13)3;1-6-4-11(14)13-10-3-7(2)9(12)5-8(6)10;1-4-2-3-9-6(8)5(4)7(10)11;1-2-4-6-5-3-1/h4-5,10-12H,6-9H2,1-3H3,(H,24,27)(H,25,28);2*4-8H,1-3H3,(H,21,23)(H,22,24);3-5H,12H2,1-2H3,(H,13,14);2-3H,1H3,(H,10,11);1-5H2. The highest BCUT2D eigenvalue weighted by Gasteiger charge is 2.24. The third-order valence-electron chi connectivity index (χ3n) is 18.1. The normalized spacial score (nSPS) is 12.3. The Morgan fingerprint density at radius 3 is 1.01 bits per heavy atom. The van der Waals surface area contributed by atoms with E-state index in [9.17, 15) is 38.4 Å². The summed E-state index contributed by atoms with van der Waals surface area (Å²) in [6.45, 7) is 27.0. The number of carboxylic acid groups (broad SMARTS) is 1. The van der Waals surface area contributed by atoms with E-state index in [-0.39, 0.29) is 61.0 Å². The number of nitrogen functional groups attached to an aromatic ring is 1. The first-order chi connectivity index (χ1) is 51.4. The Bertz CT molecular complexity index is 5450. The second-order valence-corrected chi connectivity index (χ2v) is 27.4. The lowest BCUT2D eigenvalue weighted by molar-refractivity contribution is 0.0695. The number of fused-ring (bicyclic) bond motifs is 4. The molecule has 0 bridgehead atoms. The number of nitrogens with two attached hydrogens (primary N) is 1. The van der Waals surface area contributed by atoms with E-state index >= 15 is 0 Å². The van der Waals surface area contributed by atoms with E-state index in [4.69, 9.17) is 55.1 Å². The van der Waals surface area contributed by atoms with Crippen LogP contribution < -0.4 is 48.8 Å².